The Morgan fingerprint density at radius 2 is 1.90 bits per heavy atom. The van der Waals surface area contributed by atoms with Crippen LogP contribution < -0.4 is 10.6 Å². The van der Waals surface area contributed by atoms with Crippen molar-refractivity contribution in [1.82, 2.24) is 4.98 Å². The first-order valence-corrected chi connectivity index (χ1v) is 9.58. The predicted molar refractivity (Wildman–Crippen MR) is 108 cm³/mol. The number of anilines is 1. The summed E-state index contributed by atoms with van der Waals surface area (Å²) >= 11 is 0. The van der Waals surface area contributed by atoms with Crippen molar-refractivity contribution in [3.63, 3.8) is 0 Å². The second-order valence-electron chi connectivity index (χ2n) is 7.46. The molecule has 2 aromatic carbocycles. The van der Waals surface area contributed by atoms with E-state index >= 15 is 0 Å². The Bertz CT molecular complexity index is 1230. The molecule has 2 amide bonds. The zero-order chi connectivity index (χ0) is 22.3. The first-order valence-electron chi connectivity index (χ1n) is 9.58. The van der Waals surface area contributed by atoms with Gasteiger partial charge in [0.2, 0.25) is 0 Å². The molecular formula is C23H18F3N3O2. The van der Waals surface area contributed by atoms with E-state index < -0.39 is 29.3 Å². The maximum atomic E-state index is 14.2. The van der Waals surface area contributed by atoms with Crippen LogP contribution >= 0.6 is 0 Å². The van der Waals surface area contributed by atoms with Crippen molar-refractivity contribution >= 4 is 17.6 Å². The van der Waals surface area contributed by atoms with Gasteiger partial charge in [-0.15, -0.1) is 0 Å². The highest BCUT2D eigenvalue weighted by Crippen LogP contribution is 2.28. The van der Waals surface area contributed by atoms with Gasteiger partial charge in [0.25, 0.3) is 11.8 Å². The number of halogens is 3. The number of hydrogen-bond acceptors (Lipinski definition) is 3. The van der Waals surface area contributed by atoms with Crippen molar-refractivity contribution in [2.24, 2.45) is 5.73 Å². The Morgan fingerprint density at radius 1 is 1.13 bits per heavy atom. The third-order valence-electron chi connectivity index (χ3n) is 5.38. The van der Waals surface area contributed by atoms with Gasteiger partial charge in [0, 0.05) is 18.2 Å². The summed E-state index contributed by atoms with van der Waals surface area (Å²) in [6, 6.07) is 8.47. The van der Waals surface area contributed by atoms with Gasteiger partial charge < -0.3 is 5.73 Å². The smallest absolute Gasteiger partial charge is 0.259 e. The summed E-state index contributed by atoms with van der Waals surface area (Å²) in [5.41, 5.74) is 8.48. The van der Waals surface area contributed by atoms with Crippen LogP contribution in [0.25, 0.3) is 0 Å². The Kier molecular flexibility index (Phi) is 5.22. The minimum Gasteiger partial charge on any atom is -0.366 e. The monoisotopic (exact) mass is 425 g/mol. The summed E-state index contributed by atoms with van der Waals surface area (Å²) in [5.74, 6) is -3.94. The molecule has 3 aromatic rings. The standard InChI is InChI=1S/C23H18F3N3O2/c1-12-6-14-4-5-29(22-20(26)10-16(24)11-28-22)23(31)18(14)9-15(12)7-13-2-3-17(21(27)30)19(25)8-13/h2-3,6,8-11H,4-5,7H2,1H3,(H2,27,30). The first-order chi connectivity index (χ1) is 14.7. The van der Waals surface area contributed by atoms with Crippen LogP contribution in [0.15, 0.2) is 42.6 Å². The molecule has 158 valence electrons. The average molecular weight is 425 g/mol. The Hall–Kier alpha value is -3.68. The van der Waals surface area contributed by atoms with Crippen molar-refractivity contribution in [2.45, 2.75) is 19.8 Å². The number of pyridine rings is 1. The number of carbonyl (C=O) groups excluding carboxylic acids is 2. The van der Waals surface area contributed by atoms with Gasteiger partial charge in [0.05, 0.1) is 11.8 Å². The summed E-state index contributed by atoms with van der Waals surface area (Å²) in [5, 5.41) is 0. The number of fused-ring (bicyclic) bond motifs is 1. The van der Waals surface area contributed by atoms with Crippen LogP contribution in [0.1, 0.15) is 43.0 Å². The van der Waals surface area contributed by atoms with Crippen molar-refractivity contribution in [3.8, 4) is 0 Å². The van der Waals surface area contributed by atoms with Crippen LogP contribution in [-0.4, -0.2) is 23.3 Å². The quantitative estimate of drug-likeness (QED) is 0.693. The Morgan fingerprint density at radius 3 is 2.58 bits per heavy atom. The lowest BCUT2D eigenvalue weighted by atomic mass is 9.90. The van der Waals surface area contributed by atoms with Crippen molar-refractivity contribution in [1.29, 1.82) is 0 Å². The van der Waals surface area contributed by atoms with Gasteiger partial charge >= 0.3 is 0 Å². The number of carbonyl (C=O) groups is 2. The molecule has 0 radical (unpaired) electrons. The van der Waals surface area contributed by atoms with Crippen molar-refractivity contribution in [2.75, 3.05) is 11.4 Å². The molecule has 0 atom stereocenters. The summed E-state index contributed by atoms with van der Waals surface area (Å²) in [4.78, 5) is 29.2. The third kappa shape index (κ3) is 3.88. The zero-order valence-corrected chi connectivity index (χ0v) is 16.6. The van der Waals surface area contributed by atoms with Gasteiger partial charge in [0.15, 0.2) is 11.6 Å². The number of aromatic nitrogens is 1. The van der Waals surface area contributed by atoms with E-state index in [2.05, 4.69) is 4.98 Å². The lowest BCUT2D eigenvalue weighted by Crippen LogP contribution is -2.39. The highest BCUT2D eigenvalue weighted by molar-refractivity contribution is 6.08. The van der Waals surface area contributed by atoms with Gasteiger partial charge in [0.1, 0.15) is 11.6 Å². The predicted octanol–water partition coefficient (Wildman–Crippen LogP) is 3.70. The molecule has 0 unspecified atom stereocenters. The third-order valence-corrected chi connectivity index (χ3v) is 5.38. The van der Waals surface area contributed by atoms with Crippen LogP contribution in [0.5, 0.6) is 0 Å². The molecule has 2 heterocycles. The zero-order valence-electron chi connectivity index (χ0n) is 16.6. The molecule has 8 heteroatoms. The molecule has 1 aliphatic heterocycles. The lowest BCUT2D eigenvalue weighted by molar-refractivity contribution is 0.0975. The van der Waals surface area contributed by atoms with E-state index in [0.717, 1.165) is 22.9 Å². The van der Waals surface area contributed by atoms with Crippen molar-refractivity contribution < 1.29 is 22.8 Å². The molecule has 0 bridgehead atoms. The first kappa shape index (κ1) is 20.6. The SMILES string of the molecule is Cc1cc2c(cc1Cc1ccc(C(N)=O)c(F)c1)C(=O)N(c1ncc(F)cc1F)CC2. The number of amides is 2. The number of benzene rings is 2. The van der Waals surface area contributed by atoms with E-state index in [4.69, 9.17) is 5.73 Å². The highest BCUT2D eigenvalue weighted by Gasteiger charge is 2.29. The summed E-state index contributed by atoms with van der Waals surface area (Å²) in [7, 11) is 0. The Labute approximate surface area is 176 Å². The lowest BCUT2D eigenvalue weighted by Gasteiger charge is -2.29. The molecule has 4 rings (SSSR count). The van der Waals surface area contributed by atoms with Gasteiger partial charge in [-0.2, -0.15) is 0 Å². The molecule has 0 spiro atoms. The molecule has 0 saturated carbocycles. The number of rotatable bonds is 4. The van der Waals surface area contributed by atoms with E-state index in [0.29, 0.717) is 30.0 Å². The summed E-state index contributed by atoms with van der Waals surface area (Å²) < 4.78 is 41.5. The van der Waals surface area contributed by atoms with Crippen LogP contribution in [0.4, 0.5) is 19.0 Å². The van der Waals surface area contributed by atoms with Gasteiger partial charge in [-0.1, -0.05) is 12.1 Å². The highest BCUT2D eigenvalue weighted by atomic mass is 19.1. The average Bonchev–Trinajstić information content (AvgIpc) is 2.70. The number of nitrogens with two attached hydrogens (primary N) is 1. The van der Waals surface area contributed by atoms with Crippen LogP contribution in [0, 0.1) is 24.4 Å². The fourth-order valence-electron chi connectivity index (χ4n) is 3.78. The molecule has 0 aliphatic carbocycles. The van der Waals surface area contributed by atoms with Gasteiger partial charge in [-0.3, -0.25) is 14.5 Å². The van der Waals surface area contributed by atoms with E-state index in [1.807, 2.05) is 13.0 Å². The minimum absolute atomic E-state index is 0.189. The van der Waals surface area contributed by atoms with Gasteiger partial charge in [-0.05, 0) is 60.2 Å². The topological polar surface area (TPSA) is 76.3 Å². The van der Waals surface area contributed by atoms with E-state index in [9.17, 15) is 22.8 Å². The molecule has 0 saturated heterocycles. The largest absolute Gasteiger partial charge is 0.366 e. The van der Waals surface area contributed by atoms with Gasteiger partial charge in [-0.25, -0.2) is 18.2 Å². The number of primary amides is 1. The molecular weight excluding hydrogens is 407 g/mol. The molecule has 1 aromatic heterocycles. The fraction of sp³-hybridized carbons (Fsp3) is 0.174. The second kappa shape index (κ2) is 7.86. The molecule has 0 fully saturated rings. The van der Waals surface area contributed by atoms with Crippen molar-refractivity contribution in [3.05, 3.63) is 93.4 Å². The second-order valence-corrected chi connectivity index (χ2v) is 7.46. The number of hydrogen-bond donors (Lipinski definition) is 1. The molecule has 31 heavy (non-hydrogen) atoms. The molecule has 2 N–H and O–H groups in total. The number of aryl methyl sites for hydroxylation is 1. The minimum atomic E-state index is -0.908. The Balaban J connectivity index is 1.67. The van der Waals surface area contributed by atoms with Crippen LogP contribution in [-0.2, 0) is 12.8 Å². The maximum Gasteiger partial charge on any atom is 0.259 e. The van der Waals surface area contributed by atoms with Crippen LogP contribution in [0.3, 0.4) is 0 Å². The normalized spacial score (nSPS) is 13.3. The van der Waals surface area contributed by atoms with E-state index in [1.54, 1.807) is 12.1 Å². The fourth-order valence-corrected chi connectivity index (χ4v) is 3.78. The summed E-state index contributed by atoms with van der Waals surface area (Å²) in [6.07, 6.45) is 1.68. The van der Waals surface area contributed by atoms with E-state index in [1.165, 1.54) is 17.0 Å². The maximum absolute atomic E-state index is 14.2. The number of nitrogens with zero attached hydrogens (tertiary/aromatic N) is 2. The van der Waals surface area contributed by atoms with E-state index in [-0.39, 0.29) is 17.9 Å². The molecule has 5 nitrogen and oxygen atoms in total. The summed E-state index contributed by atoms with van der Waals surface area (Å²) in [6.45, 7) is 2.11. The van der Waals surface area contributed by atoms with Crippen LogP contribution in [0.2, 0.25) is 0 Å². The molecule has 1 aliphatic rings.